The quantitative estimate of drug-likeness (QED) is 0.560. The Bertz CT molecular complexity index is 1180. The van der Waals surface area contributed by atoms with Crippen LogP contribution in [0.4, 0.5) is 0 Å². The largest absolute Gasteiger partial charge is 0.274 e. The molecule has 0 unspecified atom stereocenters. The molecule has 0 atom stereocenters. The molecule has 4 rings (SSSR count). The van der Waals surface area contributed by atoms with E-state index in [4.69, 9.17) is 0 Å². The van der Waals surface area contributed by atoms with Crippen LogP contribution < -0.4 is 10.1 Å². The van der Waals surface area contributed by atoms with Gasteiger partial charge in [0.05, 0.1) is 15.6 Å². The predicted octanol–water partition coefficient (Wildman–Crippen LogP) is 3.74. The molecule has 0 aliphatic carbocycles. The molecule has 4 aromatic rings. The number of rotatable bonds is 2. The summed E-state index contributed by atoms with van der Waals surface area (Å²) in [4.78, 5) is 18.1. The molecule has 3 nitrogen and oxygen atoms in total. The Kier molecular flexibility index (Phi) is 3.54. The number of aryl methyl sites for hydroxylation is 2. The molecule has 0 aliphatic rings. The Morgan fingerprint density at radius 2 is 1.92 bits per heavy atom. The van der Waals surface area contributed by atoms with Gasteiger partial charge in [0.25, 0.3) is 5.56 Å². The maximum absolute atomic E-state index is 12.7. The van der Waals surface area contributed by atoms with Crippen molar-refractivity contribution in [3.05, 3.63) is 80.1 Å². The second-order valence-electron chi connectivity index (χ2n) is 5.89. The van der Waals surface area contributed by atoms with Crippen molar-refractivity contribution in [2.45, 2.75) is 13.8 Å². The molecule has 0 amide bonds. The molecule has 2 aromatic heterocycles. The van der Waals surface area contributed by atoms with E-state index >= 15 is 0 Å². The molecule has 0 radical (unpaired) electrons. The van der Waals surface area contributed by atoms with Crippen molar-refractivity contribution in [1.82, 2.24) is 9.38 Å². The van der Waals surface area contributed by atoms with E-state index in [0.29, 0.717) is 4.53 Å². The summed E-state index contributed by atoms with van der Waals surface area (Å²) < 4.78 is 2.42. The number of fused-ring (bicyclic) bond motifs is 3. The van der Waals surface area contributed by atoms with E-state index in [2.05, 4.69) is 11.1 Å². The van der Waals surface area contributed by atoms with E-state index in [1.54, 1.807) is 4.40 Å². The number of nitrogens with zero attached hydrogens (tertiary/aromatic N) is 2. The molecule has 0 spiro atoms. The molecule has 0 N–H and O–H groups in total. The molecule has 4 heteroatoms. The van der Waals surface area contributed by atoms with Crippen LogP contribution in [-0.2, 0) is 0 Å². The normalized spacial score (nSPS) is 12.8. The lowest BCUT2D eigenvalue weighted by Crippen LogP contribution is -2.22. The van der Waals surface area contributed by atoms with Crippen LogP contribution >= 0.6 is 11.3 Å². The van der Waals surface area contributed by atoms with E-state index in [0.717, 1.165) is 32.7 Å². The molecule has 2 heterocycles. The Morgan fingerprint density at radius 3 is 2.71 bits per heavy atom. The van der Waals surface area contributed by atoms with Gasteiger partial charge in [-0.3, -0.25) is 4.79 Å². The monoisotopic (exact) mass is 332 g/mol. The van der Waals surface area contributed by atoms with Crippen LogP contribution in [0.1, 0.15) is 16.7 Å². The molecule has 24 heavy (non-hydrogen) atoms. The Morgan fingerprint density at radius 1 is 1.12 bits per heavy atom. The Labute approximate surface area is 143 Å². The van der Waals surface area contributed by atoms with Crippen LogP contribution in [0, 0.1) is 13.8 Å². The summed E-state index contributed by atoms with van der Waals surface area (Å²) >= 11 is 1.43. The zero-order valence-corrected chi connectivity index (χ0v) is 14.3. The lowest BCUT2D eigenvalue weighted by molar-refractivity contribution is 1.19. The molecule has 0 fully saturated rings. The molecule has 118 valence electrons. The fraction of sp³-hybridized carbons (Fsp3) is 0.100. The zero-order valence-electron chi connectivity index (χ0n) is 13.5. The van der Waals surface area contributed by atoms with Crippen molar-refractivity contribution in [2.24, 2.45) is 0 Å². The fourth-order valence-electron chi connectivity index (χ4n) is 2.94. The lowest BCUT2D eigenvalue weighted by atomic mass is 10.1. The molecule has 0 bridgehead atoms. The van der Waals surface area contributed by atoms with Gasteiger partial charge in [0.15, 0.2) is 4.96 Å². The third-order valence-electron chi connectivity index (χ3n) is 4.02. The van der Waals surface area contributed by atoms with Crippen LogP contribution in [0.3, 0.4) is 0 Å². The van der Waals surface area contributed by atoms with Gasteiger partial charge in [-0.1, -0.05) is 59.9 Å². The Balaban J connectivity index is 1.86. The summed E-state index contributed by atoms with van der Waals surface area (Å²) in [5, 5.41) is 0. The van der Waals surface area contributed by atoms with Crippen molar-refractivity contribution >= 4 is 39.5 Å². The van der Waals surface area contributed by atoms with E-state index in [1.807, 2.05) is 68.5 Å². The predicted molar refractivity (Wildman–Crippen MR) is 101 cm³/mol. The first-order valence-corrected chi connectivity index (χ1v) is 8.61. The van der Waals surface area contributed by atoms with Crippen LogP contribution in [0.25, 0.3) is 28.1 Å². The van der Waals surface area contributed by atoms with Gasteiger partial charge in [0, 0.05) is 0 Å². The second-order valence-corrected chi connectivity index (χ2v) is 6.90. The van der Waals surface area contributed by atoms with Gasteiger partial charge in [0.1, 0.15) is 0 Å². The van der Waals surface area contributed by atoms with Crippen LogP contribution in [0.5, 0.6) is 0 Å². The highest BCUT2D eigenvalue weighted by Gasteiger charge is 2.12. The maximum atomic E-state index is 12.7. The number of aromatic nitrogens is 2. The minimum absolute atomic E-state index is 0.000196. The summed E-state index contributed by atoms with van der Waals surface area (Å²) in [5.74, 6) is 0. The minimum Gasteiger partial charge on any atom is -0.267 e. The highest BCUT2D eigenvalue weighted by Crippen LogP contribution is 2.21. The summed E-state index contributed by atoms with van der Waals surface area (Å²) in [6, 6.07) is 14.2. The first kappa shape index (κ1) is 14.8. The summed E-state index contributed by atoms with van der Waals surface area (Å²) in [6.45, 7) is 4.07. The third-order valence-corrected chi connectivity index (χ3v) is 5.00. The highest BCUT2D eigenvalue weighted by atomic mass is 32.1. The first-order valence-electron chi connectivity index (χ1n) is 7.79. The van der Waals surface area contributed by atoms with E-state index in [9.17, 15) is 4.79 Å². The summed E-state index contributed by atoms with van der Waals surface area (Å²) in [6.07, 6.45) is 5.78. The number of allylic oxidation sites excluding steroid dienone is 1. The van der Waals surface area contributed by atoms with Crippen LogP contribution in [0.2, 0.25) is 0 Å². The van der Waals surface area contributed by atoms with Crippen LogP contribution in [0.15, 0.2) is 53.3 Å². The zero-order chi connectivity index (χ0) is 16.7. The topological polar surface area (TPSA) is 34.4 Å². The van der Waals surface area contributed by atoms with E-state index in [-0.39, 0.29) is 5.56 Å². The summed E-state index contributed by atoms with van der Waals surface area (Å²) in [5.41, 5.74) is 5.17. The van der Waals surface area contributed by atoms with Gasteiger partial charge in [-0.05, 0) is 42.7 Å². The van der Waals surface area contributed by atoms with Gasteiger partial charge < -0.3 is 0 Å². The van der Waals surface area contributed by atoms with Gasteiger partial charge in [-0.25, -0.2) is 9.38 Å². The molecular formula is C20H16N2OS. The first-order chi connectivity index (χ1) is 11.6. The molecule has 0 aliphatic heterocycles. The van der Waals surface area contributed by atoms with Gasteiger partial charge in [-0.2, -0.15) is 0 Å². The average Bonchev–Trinajstić information content (AvgIpc) is 3.07. The number of hydrogen-bond acceptors (Lipinski definition) is 3. The lowest BCUT2D eigenvalue weighted by Gasteiger charge is -1.97. The number of benzene rings is 2. The summed E-state index contributed by atoms with van der Waals surface area (Å²) in [7, 11) is 0. The van der Waals surface area contributed by atoms with Gasteiger partial charge in [0.2, 0.25) is 0 Å². The van der Waals surface area contributed by atoms with Crippen molar-refractivity contribution < 1.29 is 0 Å². The smallest absolute Gasteiger partial charge is 0.267 e. The standard InChI is InChI=1S/C20H16N2OS/c1-13-11-14(2)18-16(12-13)22-19(23)17(24-20(22)21-18)10-6-9-15-7-4-3-5-8-15/h3-12H,1-2H3/b9-6+,17-10-. The number of thiazole rings is 1. The Hall–Kier alpha value is -2.72. The maximum Gasteiger partial charge on any atom is 0.274 e. The van der Waals surface area contributed by atoms with Crippen molar-refractivity contribution in [3.8, 4) is 0 Å². The highest BCUT2D eigenvalue weighted by molar-refractivity contribution is 7.15. The van der Waals surface area contributed by atoms with Gasteiger partial charge in [-0.15, -0.1) is 0 Å². The second kappa shape index (κ2) is 5.73. The van der Waals surface area contributed by atoms with Gasteiger partial charge >= 0.3 is 0 Å². The van der Waals surface area contributed by atoms with Crippen LogP contribution in [-0.4, -0.2) is 9.38 Å². The fourth-order valence-corrected chi connectivity index (χ4v) is 3.87. The van der Waals surface area contributed by atoms with Crippen molar-refractivity contribution in [2.75, 3.05) is 0 Å². The minimum atomic E-state index is 0.000196. The average molecular weight is 332 g/mol. The molecular weight excluding hydrogens is 316 g/mol. The number of imidazole rings is 1. The molecule has 2 aromatic carbocycles. The molecule has 0 saturated heterocycles. The number of hydrogen-bond donors (Lipinski definition) is 0. The van der Waals surface area contributed by atoms with Crippen molar-refractivity contribution in [3.63, 3.8) is 0 Å². The van der Waals surface area contributed by atoms with E-state index in [1.165, 1.54) is 11.3 Å². The van der Waals surface area contributed by atoms with E-state index < -0.39 is 0 Å². The molecule has 0 saturated carbocycles. The van der Waals surface area contributed by atoms with Crippen molar-refractivity contribution in [1.29, 1.82) is 0 Å². The third kappa shape index (κ3) is 2.45. The SMILES string of the molecule is Cc1cc(C)c2nc3s/c(=C\C=C\c4ccccc4)c(=O)n3c2c1.